The van der Waals surface area contributed by atoms with Crippen molar-refractivity contribution in [3.05, 3.63) is 39.7 Å². The van der Waals surface area contributed by atoms with Gasteiger partial charge in [0.05, 0.1) is 0 Å². The van der Waals surface area contributed by atoms with E-state index in [4.69, 9.17) is 9.72 Å². The van der Waals surface area contributed by atoms with E-state index in [0.717, 1.165) is 33.2 Å². The van der Waals surface area contributed by atoms with Crippen molar-refractivity contribution in [1.29, 1.82) is 0 Å². The predicted octanol–water partition coefficient (Wildman–Crippen LogP) is 8.20. The Balaban J connectivity index is 2.08. The highest BCUT2D eigenvalue weighted by atomic mass is 79.9. The van der Waals surface area contributed by atoms with E-state index >= 15 is 0 Å². The Morgan fingerprint density at radius 1 is 1.03 bits per heavy atom. The maximum atomic E-state index is 6.10. The van der Waals surface area contributed by atoms with E-state index < -0.39 is 16.3 Å². The number of aromatic nitrogens is 3. The third-order valence-corrected chi connectivity index (χ3v) is 15.3. The summed E-state index contributed by atoms with van der Waals surface area (Å²) in [5.41, 5.74) is 2.44. The monoisotopic (exact) mass is 583 g/mol. The second kappa shape index (κ2) is 8.93. The summed E-state index contributed by atoms with van der Waals surface area (Å²) >= 11 is 7.34. The smallest absolute Gasteiger partial charge is 0.161 e. The van der Waals surface area contributed by atoms with Crippen LogP contribution in [0.15, 0.2) is 39.7 Å². The Kier molecular flexibility index (Phi) is 7.19. The number of para-hydroxylation sites is 1. The molecule has 0 spiro atoms. The fourth-order valence-electron chi connectivity index (χ4n) is 3.44. The van der Waals surface area contributed by atoms with Gasteiger partial charge in [-0.1, -0.05) is 71.7 Å². The van der Waals surface area contributed by atoms with Gasteiger partial charge in [-0.2, -0.15) is 0 Å². The number of hydrogen-bond donors (Lipinski definition) is 0. The molecule has 8 heteroatoms. The molecule has 0 fully saturated rings. The van der Waals surface area contributed by atoms with E-state index in [0.29, 0.717) is 6.73 Å². The minimum atomic E-state index is -1.80. The van der Waals surface area contributed by atoms with E-state index in [1.54, 1.807) is 0 Å². The molecule has 0 bridgehead atoms. The molecule has 3 aromatic rings. The van der Waals surface area contributed by atoms with Gasteiger partial charge in [0.25, 0.3) is 0 Å². The Labute approximate surface area is 205 Å². The topological polar surface area (TPSA) is 32.0 Å². The van der Waals surface area contributed by atoms with Gasteiger partial charge in [0.15, 0.2) is 8.24 Å². The number of hydrogen-bond acceptors (Lipinski definition) is 2. The van der Waals surface area contributed by atoms with Gasteiger partial charge in [0, 0.05) is 37.3 Å². The van der Waals surface area contributed by atoms with Crippen molar-refractivity contribution in [2.45, 2.75) is 71.3 Å². The highest BCUT2D eigenvalue weighted by Crippen LogP contribution is 2.42. The first-order valence-electron chi connectivity index (χ1n) is 10.8. The third-order valence-electron chi connectivity index (χ3n) is 6.47. The molecule has 170 valence electrons. The summed E-state index contributed by atoms with van der Waals surface area (Å²) < 4.78 is 12.5. The van der Waals surface area contributed by atoms with Crippen LogP contribution in [0.2, 0.25) is 43.8 Å². The molecule has 4 nitrogen and oxygen atoms in total. The average Bonchev–Trinajstić information content (AvgIpc) is 3.16. The van der Waals surface area contributed by atoms with Crippen LogP contribution in [0, 0.1) is 0 Å². The highest BCUT2D eigenvalue weighted by Gasteiger charge is 2.39. The van der Waals surface area contributed by atoms with Crippen molar-refractivity contribution in [3.63, 3.8) is 0 Å². The molecular formula is C23H35Br2N3OSi2. The van der Waals surface area contributed by atoms with E-state index in [1.165, 1.54) is 10.9 Å². The number of imidazole rings is 1. The standard InChI is InChI=1S/C23H35Br2N3OSi2/c1-23(2,3)31(7,8)28-15-18(17-11-9-10-12-19(17)28)22-26-20(24)21(25)27(22)16-29-13-14-30(4,5)6/h9-12,15H,13-14,16H2,1-8H3. The summed E-state index contributed by atoms with van der Waals surface area (Å²) in [7, 11) is -2.93. The normalized spacial score (nSPS) is 13.4. The fourth-order valence-corrected chi connectivity index (χ4v) is 6.91. The minimum absolute atomic E-state index is 0.225. The van der Waals surface area contributed by atoms with Crippen LogP contribution in [0.5, 0.6) is 0 Å². The SMILES string of the molecule is CC(C)(C)[Si](C)(C)n1cc(-c2nc(Br)c(Br)n2COCC[Si](C)(C)C)c2ccccc21. The van der Waals surface area contributed by atoms with Crippen molar-refractivity contribution < 1.29 is 4.74 Å². The highest BCUT2D eigenvalue weighted by molar-refractivity contribution is 9.13. The van der Waals surface area contributed by atoms with E-state index in [-0.39, 0.29) is 5.04 Å². The molecule has 0 amide bonds. The lowest BCUT2D eigenvalue weighted by Gasteiger charge is -2.38. The lowest BCUT2D eigenvalue weighted by atomic mass is 10.1. The summed E-state index contributed by atoms with van der Waals surface area (Å²) in [4.78, 5) is 4.88. The predicted molar refractivity (Wildman–Crippen MR) is 145 cm³/mol. The first-order valence-corrected chi connectivity index (χ1v) is 19.1. The van der Waals surface area contributed by atoms with Gasteiger partial charge in [-0.25, -0.2) is 4.98 Å². The minimum Gasteiger partial charge on any atom is -0.373 e. The van der Waals surface area contributed by atoms with Crippen LogP contribution in [0.25, 0.3) is 22.3 Å². The Morgan fingerprint density at radius 3 is 2.29 bits per heavy atom. The molecule has 0 radical (unpaired) electrons. The van der Waals surface area contributed by atoms with Crippen LogP contribution < -0.4 is 0 Å². The zero-order chi connectivity index (χ0) is 23.2. The number of fused-ring (bicyclic) bond motifs is 1. The molecule has 2 heterocycles. The van der Waals surface area contributed by atoms with Gasteiger partial charge in [0.1, 0.15) is 21.8 Å². The molecular weight excluding hydrogens is 550 g/mol. The molecule has 0 aliphatic heterocycles. The molecule has 1 aromatic carbocycles. The lowest BCUT2D eigenvalue weighted by Crippen LogP contribution is -2.44. The number of ether oxygens (including phenoxy) is 1. The van der Waals surface area contributed by atoms with Crippen molar-refractivity contribution in [1.82, 2.24) is 13.8 Å². The third kappa shape index (κ3) is 5.13. The Hall–Kier alpha value is -0.676. The maximum absolute atomic E-state index is 6.10. The summed E-state index contributed by atoms with van der Waals surface area (Å²) in [5.74, 6) is 0.931. The van der Waals surface area contributed by atoms with Crippen LogP contribution in [0.4, 0.5) is 0 Å². The lowest BCUT2D eigenvalue weighted by molar-refractivity contribution is 0.0868. The van der Waals surface area contributed by atoms with Crippen LogP contribution in [-0.2, 0) is 11.5 Å². The van der Waals surface area contributed by atoms with Crippen LogP contribution in [0.1, 0.15) is 20.8 Å². The van der Waals surface area contributed by atoms with Gasteiger partial charge >= 0.3 is 0 Å². The number of benzene rings is 1. The summed E-state index contributed by atoms with van der Waals surface area (Å²) in [6.45, 7) is 20.4. The zero-order valence-electron chi connectivity index (χ0n) is 20.0. The molecule has 0 aliphatic rings. The fraction of sp³-hybridized carbons (Fsp3) is 0.522. The molecule has 0 unspecified atom stereocenters. The van der Waals surface area contributed by atoms with E-state index in [1.807, 2.05) is 0 Å². The Morgan fingerprint density at radius 2 is 1.68 bits per heavy atom. The van der Waals surface area contributed by atoms with Gasteiger partial charge in [-0.15, -0.1) is 0 Å². The molecule has 0 saturated carbocycles. The molecule has 2 aromatic heterocycles. The van der Waals surface area contributed by atoms with Gasteiger partial charge in [-0.05, 0) is 49.0 Å². The number of halogens is 2. The molecule has 0 N–H and O–H groups in total. The quantitative estimate of drug-likeness (QED) is 0.207. The summed E-state index contributed by atoms with van der Waals surface area (Å²) in [5, 5.41) is 1.46. The van der Waals surface area contributed by atoms with E-state index in [2.05, 4.69) is 125 Å². The first kappa shape index (κ1) is 25.0. The van der Waals surface area contributed by atoms with Crippen LogP contribution in [0.3, 0.4) is 0 Å². The second-order valence-corrected chi connectivity index (χ2v) is 23.3. The van der Waals surface area contributed by atoms with Crippen molar-refractivity contribution >= 4 is 59.1 Å². The van der Waals surface area contributed by atoms with Crippen molar-refractivity contribution in [2.24, 2.45) is 0 Å². The Bertz CT molecular complexity index is 1080. The number of nitrogens with zero attached hydrogens (tertiary/aromatic N) is 3. The first-order chi connectivity index (χ1) is 14.2. The van der Waals surface area contributed by atoms with Gasteiger partial charge in [0.2, 0.25) is 0 Å². The molecule has 0 aliphatic carbocycles. The average molecular weight is 586 g/mol. The summed E-state index contributed by atoms with van der Waals surface area (Å²) in [6, 6.07) is 9.85. The molecule has 0 atom stereocenters. The summed E-state index contributed by atoms with van der Waals surface area (Å²) in [6.07, 6.45) is 2.32. The second-order valence-electron chi connectivity index (χ2n) is 11.0. The molecule has 3 rings (SSSR count). The number of rotatable bonds is 7. The van der Waals surface area contributed by atoms with Crippen molar-refractivity contribution in [2.75, 3.05) is 6.61 Å². The maximum Gasteiger partial charge on any atom is 0.161 e. The zero-order valence-corrected chi connectivity index (χ0v) is 25.2. The van der Waals surface area contributed by atoms with Crippen LogP contribution >= 0.6 is 31.9 Å². The molecule has 0 saturated heterocycles. The van der Waals surface area contributed by atoms with Gasteiger partial charge < -0.3 is 8.97 Å². The largest absolute Gasteiger partial charge is 0.373 e. The van der Waals surface area contributed by atoms with Crippen molar-refractivity contribution in [3.8, 4) is 11.4 Å². The van der Waals surface area contributed by atoms with E-state index in [9.17, 15) is 0 Å². The molecule has 31 heavy (non-hydrogen) atoms. The van der Waals surface area contributed by atoms with Crippen LogP contribution in [-0.4, -0.2) is 36.7 Å². The van der Waals surface area contributed by atoms with Gasteiger partial charge in [-0.3, -0.25) is 4.57 Å².